The number of halogens is 1. The van der Waals surface area contributed by atoms with E-state index in [9.17, 15) is 13.2 Å². The molecule has 0 atom stereocenters. The molecule has 0 unspecified atom stereocenters. The highest BCUT2D eigenvalue weighted by Gasteiger charge is 2.34. The van der Waals surface area contributed by atoms with E-state index in [4.69, 9.17) is 4.74 Å². The SMILES string of the molecule is CCN1C(=O)C(=Cc2c[nH]c3ccc(Br)cc23)c2cc(S(=O)(=O)N3CCOCC3)ccc21. The number of nitrogens with zero attached hydrogens (tertiary/aromatic N) is 2. The van der Waals surface area contributed by atoms with Crippen LogP contribution >= 0.6 is 15.9 Å². The number of ether oxygens (including phenoxy) is 1. The molecule has 1 N–H and O–H groups in total. The second kappa shape index (κ2) is 8.15. The Morgan fingerprint density at radius 3 is 2.69 bits per heavy atom. The van der Waals surface area contributed by atoms with Gasteiger partial charge in [0.15, 0.2) is 0 Å². The first-order valence-corrected chi connectivity index (χ1v) is 12.7. The van der Waals surface area contributed by atoms with E-state index in [0.717, 1.165) is 26.6 Å². The molecule has 32 heavy (non-hydrogen) atoms. The Bertz CT molecular complexity index is 1360. The van der Waals surface area contributed by atoms with E-state index in [-0.39, 0.29) is 10.8 Å². The lowest BCUT2D eigenvalue weighted by atomic mass is 10.0. The number of rotatable bonds is 4. The summed E-state index contributed by atoms with van der Waals surface area (Å²) < 4.78 is 34.1. The number of fused-ring (bicyclic) bond motifs is 2. The number of aromatic amines is 1. The van der Waals surface area contributed by atoms with Crippen molar-refractivity contribution in [1.82, 2.24) is 9.29 Å². The van der Waals surface area contributed by atoms with Gasteiger partial charge in [-0.3, -0.25) is 4.79 Å². The number of morpholine rings is 1. The van der Waals surface area contributed by atoms with Crippen molar-refractivity contribution >= 4 is 60.1 Å². The van der Waals surface area contributed by atoms with Crippen molar-refractivity contribution in [2.75, 3.05) is 37.7 Å². The average Bonchev–Trinajstić information content (AvgIpc) is 3.32. The van der Waals surface area contributed by atoms with Crippen LogP contribution in [0.5, 0.6) is 0 Å². The van der Waals surface area contributed by atoms with Crippen molar-refractivity contribution in [3.8, 4) is 0 Å². The third-order valence-electron chi connectivity index (χ3n) is 5.92. The first kappa shape index (κ1) is 21.4. The van der Waals surface area contributed by atoms with Crippen LogP contribution in [0.2, 0.25) is 0 Å². The molecule has 166 valence electrons. The Hall–Kier alpha value is -2.46. The second-order valence-corrected chi connectivity index (χ2v) is 10.6. The summed E-state index contributed by atoms with van der Waals surface area (Å²) in [4.78, 5) is 18.3. The number of H-pyrrole nitrogens is 1. The van der Waals surface area contributed by atoms with Crippen molar-refractivity contribution in [1.29, 1.82) is 0 Å². The van der Waals surface area contributed by atoms with Gasteiger partial charge in [0.05, 0.1) is 23.8 Å². The molecular weight excluding hydrogens is 494 g/mol. The highest BCUT2D eigenvalue weighted by molar-refractivity contribution is 9.10. The topological polar surface area (TPSA) is 82.7 Å². The molecule has 0 radical (unpaired) electrons. The van der Waals surface area contributed by atoms with Crippen molar-refractivity contribution in [2.45, 2.75) is 11.8 Å². The number of anilines is 1. The molecule has 0 bridgehead atoms. The van der Waals surface area contributed by atoms with Gasteiger partial charge in [0.25, 0.3) is 5.91 Å². The predicted octanol–water partition coefficient (Wildman–Crippen LogP) is 3.86. The Kier molecular flexibility index (Phi) is 5.45. The molecule has 2 aromatic carbocycles. The van der Waals surface area contributed by atoms with Gasteiger partial charge in [0.2, 0.25) is 10.0 Å². The van der Waals surface area contributed by atoms with Crippen LogP contribution < -0.4 is 4.90 Å². The maximum absolute atomic E-state index is 13.2. The zero-order valence-electron chi connectivity index (χ0n) is 17.5. The number of carbonyl (C=O) groups is 1. The Morgan fingerprint density at radius 1 is 1.16 bits per heavy atom. The van der Waals surface area contributed by atoms with Crippen molar-refractivity contribution in [3.63, 3.8) is 0 Å². The van der Waals surface area contributed by atoms with E-state index in [1.165, 1.54) is 4.31 Å². The Labute approximate surface area is 194 Å². The fraction of sp³-hybridized carbons (Fsp3) is 0.261. The highest BCUT2D eigenvalue weighted by atomic mass is 79.9. The molecule has 7 nitrogen and oxygen atoms in total. The first-order valence-electron chi connectivity index (χ1n) is 10.4. The van der Waals surface area contributed by atoms with Gasteiger partial charge < -0.3 is 14.6 Å². The number of likely N-dealkylation sites (N-methyl/N-ethyl adjacent to an activating group) is 1. The fourth-order valence-electron chi connectivity index (χ4n) is 4.28. The van der Waals surface area contributed by atoms with Crippen LogP contribution in [0.3, 0.4) is 0 Å². The molecule has 3 aromatic rings. The Balaban J connectivity index is 1.63. The number of hydrogen-bond acceptors (Lipinski definition) is 4. The monoisotopic (exact) mass is 515 g/mol. The lowest BCUT2D eigenvalue weighted by Crippen LogP contribution is -2.40. The smallest absolute Gasteiger partial charge is 0.258 e. The number of hydrogen-bond donors (Lipinski definition) is 1. The van der Waals surface area contributed by atoms with E-state index in [1.54, 1.807) is 23.1 Å². The normalized spacial score (nSPS) is 18.6. The summed E-state index contributed by atoms with van der Waals surface area (Å²) in [5.41, 5.74) is 3.68. The first-order chi connectivity index (χ1) is 15.4. The lowest BCUT2D eigenvalue weighted by Gasteiger charge is -2.26. The zero-order valence-corrected chi connectivity index (χ0v) is 19.9. The van der Waals surface area contributed by atoms with Gasteiger partial charge in [-0.1, -0.05) is 15.9 Å². The van der Waals surface area contributed by atoms with Crippen molar-refractivity contribution < 1.29 is 17.9 Å². The van der Waals surface area contributed by atoms with Gasteiger partial charge in [-0.05, 0) is 49.4 Å². The minimum Gasteiger partial charge on any atom is -0.379 e. The molecule has 2 aliphatic rings. The summed E-state index contributed by atoms with van der Waals surface area (Å²) in [6, 6.07) is 10.9. The van der Waals surface area contributed by atoms with Crippen LogP contribution in [-0.2, 0) is 19.6 Å². The summed E-state index contributed by atoms with van der Waals surface area (Å²) in [6.07, 6.45) is 3.70. The fourth-order valence-corrected chi connectivity index (χ4v) is 6.07. The van der Waals surface area contributed by atoms with Gasteiger partial charge in [-0.15, -0.1) is 0 Å². The van der Waals surface area contributed by atoms with Crippen molar-refractivity contribution in [2.24, 2.45) is 0 Å². The lowest BCUT2D eigenvalue weighted by molar-refractivity contribution is -0.112. The van der Waals surface area contributed by atoms with Gasteiger partial charge in [0, 0.05) is 57.9 Å². The highest BCUT2D eigenvalue weighted by Crippen LogP contribution is 2.40. The summed E-state index contributed by atoms with van der Waals surface area (Å²) in [6.45, 7) is 3.82. The third kappa shape index (κ3) is 3.49. The molecule has 1 amide bonds. The minimum absolute atomic E-state index is 0.132. The van der Waals surface area contributed by atoms with Crippen LogP contribution in [0.15, 0.2) is 52.0 Å². The molecule has 3 heterocycles. The molecule has 9 heteroatoms. The molecular formula is C23H22BrN3O4S. The summed E-state index contributed by atoms with van der Waals surface area (Å²) in [5.74, 6) is -0.132. The van der Waals surface area contributed by atoms with E-state index in [0.29, 0.717) is 44.0 Å². The number of sulfonamides is 1. The van der Waals surface area contributed by atoms with E-state index >= 15 is 0 Å². The largest absolute Gasteiger partial charge is 0.379 e. The number of benzene rings is 2. The maximum Gasteiger partial charge on any atom is 0.258 e. The maximum atomic E-state index is 13.2. The summed E-state index contributed by atoms with van der Waals surface area (Å²) in [7, 11) is -3.67. The molecule has 0 spiro atoms. The molecule has 0 aliphatic carbocycles. The summed E-state index contributed by atoms with van der Waals surface area (Å²) in [5, 5.41) is 0.980. The summed E-state index contributed by atoms with van der Waals surface area (Å²) >= 11 is 3.50. The predicted molar refractivity (Wildman–Crippen MR) is 128 cm³/mol. The van der Waals surface area contributed by atoms with Crippen LogP contribution in [0, 0.1) is 0 Å². The molecule has 0 saturated carbocycles. The molecule has 1 aromatic heterocycles. The van der Waals surface area contributed by atoms with Gasteiger partial charge >= 0.3 is 0 Å². The number of aromatic nitrogens is 1. The van der Waals surface area contributed by atoms with Crippen molar-refractivity contribution in [3.05, 3.63) is 58.2 Å². The molecule has 2 aliphatic heterocycles. The van der Waals surface area contributed by atoms with Crippen LogP contribution in [0.1, 0.15) is 18.1 Å². The van der Waals surface area contributed by atoms with Gasteiger partial charge in [0.1, 0.15) is 0 Å². The van der Waals surface area contributed by atoms with Crippen LogP contribution in [0.25, 0.3) is 22.6 Å². The third-order valence-corrected chi connectivity index (χ3v) is 8.31. The van der Waals surface area contributed by atoms with E-state index in [2.05, 4.69) is 20.9 Å². The quantitative estimate of drug-likeness (QED) is 0.534. The molecule has 5 rings (SSSR count). The van der Waals surface area contributed by atoms with Gasteiger partial charge in [-0.25, -0.2) is 8.42 Å². The number of amides is 1. The standard InChI is InChI=1S/C23H22BrN3O4S/c1-2-27-22-6-4-17(32(29,30)26-7-9-31-10-8-26)13-19(22)20(23(27)28)11-15-14-25-21-5-3-16(24)12-18(15)21/h3-6,11-14,25H,2,7-10H2,1H3. The number of nitrogens with one attached hydrogen (secondary N) is 1. The Morgan fingerprint density at radius 2 is 1.94 bits per heavy atom. The second-order valence-electron chi connectivity index (χ2n) is 7.74. The van der Waals surface area contributed by atoms with E-state index in [1.807, 2.05) is 37.4 Å². The molecule has 1 saturated heterocycles. The number of carbonyl (C=O) groups excluding carboxylic acids is 1. The van der Waals surface area contributed by atoms with Gasteiger partial charge in [-0.2, -0.15) is 4.31 Å². The molecule has 1 fully saturated rings. The van der Waals surface area contributed by atoms with Crippen LogP contribution in [-0.4, -0.2) is 56.5 Å². The van der Waals surface area contributed by atoms with Crippen LogP contribution in [0.4, 0.5) is 5.69 Å². The minimum atomic E-state index is -3.67. The van der Waals surface area contributed by atoms with E-state index < -0.39 is 10.0 Å². The average molecular weight is 516 g/mol. The zero-order chi connectivity index (χ0) is 22.5.